The zero-order chi connectivity index (χ0) is 23.6. The third kappa shape index (κ3) is 5.10. The van der Waals surface area contributed by atoms with E-state index in [0.29, 0.717) is 39.1 Å². The van der Waals surface area contributed by atoms with Gasteiger partial charge in [-0.15, -0.1) is 0 Å². The van der Waals surface area contributed by atoms with Crippen molar-refractivity contribution in [2.75, 3.05) is 23.3 Å². The summed E-state index contributed by atoms with van der Waals surface area (Å²) in [5, 5.41) is 13.4. The summed E-state index contributed by atoms with van der Waals surface area (Å²) in [7, 11) is 0. The molecule has 168 valence electrons. The highest BCUT2D eigenvalue weighted by Crippen LogP contribution is 2.35. The Balaban J connectivity index is 1.94. The first-order chi connectivity index (χ1) is 15.0. The van der Waals surface area contributed by atoms with Crippen LogP contribution in [-0.2, 0) is 0 Å². The summed E-state index contributed by atoms with van der Waals surface area (Å²) in [6, 6.07) is 10.8. The van der Waals surface area contributed by atoms with E-state index in [2.05, 4.69) is 37.2 Å². The highest BCUT2D eigenvalue weighted by atomic mass is 16.3. The molecule has 0 amide bonds. The average molecular weight is 433 g/mol. The Bertz CT molecular complexity index is 1090. The summed E-state index contributed by atoms with van der Waals surface area (Å²) in [5.41, 5.74) is 4.65. The number of aliphatic hydroxyl groups excluding tert-OH is 1. The van der Waals surface area contributed by atoms with Gasteiger partial charge in [-0.05, 0) is 56.4 Å². The Hall–Kier alpha value is -3.34. The van der Waals surface area contributed by atoms with Crippen LogP contribution in [0.25, 0.3) is 11.5 Å². The van der Waals surface area contributed by atoms with E-state index in [1.165, 1.54) is 13.8 Å². The molecule has 1 fully saturated rings. The van der Waals surface area contributed by atoms with Crippen LogP contribution in [0, 0.1) is 5.41 Å². The van der Waals surface area contributed by atoms with Gasteiger partial charge >= 0.3 is 0 Å². The normalized spacial score (nSPS) is 15.2. The predicted molar refractivity (Wildman–Crippen MR) is 132 cm³/mol. The van der Waals surface area contributed by atoms with Gasteiger partial charge in [0.15, 0.2) is 11.6 Å². The first kappa shape index (κ1) is 23.3. The van der Waals surface area contributed by atoms with Gasteiger partial charge in [-0.25, -0.2) is 0 Å². The summed E-state index contributed by atoms with van der Waals surface area (Å²) in [4.78, 5) is 26.4. The van der Waals surface area contributed by atoms with E-state index >= 15 is 0 Å². The molecule has 1 aliphatic rings. The van der Waals surface area contributed by atoms with Gasteiger partial charge in [0.25, 0.3) is 0 Å². The maximum Gasteiger partial charge on any atom is 0.161 e. The van der Waals surface area contributed by atoms with Gasteiger partial charge in [0.1, 0.15) is 5.76 Å². The molecule has 1 aliphatic heterocycles. The topological polar surface area (TPSA) is 69.6 Å². The van der Waals surface area contributed by atoms with Gasteiger partial charge < -0.3 is 15.3 Å². The Labute approximate surface area is 190 Å². The lowest BCUT2D eigenvalue weighted by atomic mass is 9.82. The summed E-state index contributed by atoms with van der Waals surface area (Å²) in [6.07, 6.45) is 2.22. The molecular weight excluding hydrogens is 400 g/mol. The number of carbonyl (C=O) groups is 2. The summed E-state index contributed by atoms with van der Waals surface area (Å²) >= 11 is 0. The Morgan fingerprint density at radius 3 is 2.12 bits per heavy atom. The minimum atomic E-state index is -0.150. The molecule has 2 aromatic rings. The Morgan fingerprint density at radius 1 is 0.938 bits per heavy atom. The van der Waals surface area contributed by atoms with Crippen LogP contribution < -0.4 is 10.2 Å². The molecule has 0 radical (unpaired) electrons. The molecule has 2 aromatic carbocycles. The molecule has 32 heavy (non-hydrogen) atoms. The second kappa shape index (κ2) is 9.03. The van der Waals surface area contributed by atoms with Crippen LogP contribution in [0.1, 0.15) is 72.4 Å². The standard InChI is InChI=1S/C27H32N2O3/c1-17(23-9-7-21(18(2)30)15-25(23)20(4)32)28-26-16-22(8-10-24(26)19(3)31)29-13-11-27(5,6)12-14-29/h7-10,15-16,28,32H,1,4,11-14H2,2-3,5-6H3. The number of rotatable bonds is 7. The SMILES string of the molecule is C=C(O)c1cc(C(C)=O)ccc1C(=C)Nc1cc(N2CCC(C)(C)CC2)ccc1C(C)=O. The number of benzene rings is 2. The molecule has 1 saturated heterocycles. The Kier molecular flexibility index (Phi) is 6.58. The van der Waals surface area contributed by atoms with Gasteiger partial charge in [0.2, 0.25) is 0 Å². The third-order valence-corrected chi connectivity index (χ3v) is 6.21. The van der Waals surface area contributed by atoms with Gasteiger partial charge in [0.05, 0.1) is 5.69 Å². The number of carbonyl (C=O) groups excluding carboxylic acids is 2. The first-order valence-electron chi connectivity index (χ1n) is 10.9. The lowest BCUT2D eigenvalue weighted by Crippen LogP contribution is -2.37. The minimum Gasteiger partial charge on any atom is -0.508 e. The molecule has 0 bridgehead atoms. The number of hydrogen-bond acceptors (Lipinski definition) is 5. The van der Waals surface area contributed by atoms with Crippen LogP contribution in [0.3, 0.4) is 0 Å². The lowest BCUT2D eigenvalue weighted by molar-refractivity contribution is 0.100. The van der Waals surface area contributed by atoms with E-state index in [0.717, 1.165) is 31.6 Å². The van der Waals surface area contributed by atoms with E-state index in [-0.39, 0.29) is 17.3 Å². The molecule has 2 N–H and O–H groups in total. The quantitative estimate of drug-likeness (QED) is 0.395. The van der Waals surface area contributed by atoms with Gasteiger partial charge in [0, 0.05) is 46.7 Å². The summed E-state index contributed by atoms with van der Waals surface area (Å²) < 4.78 is 0. The molecule has 0 atom stereocenters. The smallest absolute Gasteiger partial charge is 0.161 e. The molecule has 0 spiro atoms. The molecule has 5 heteroatoms. The number of nitrogens with one attached hydrogen (secondary N) is 1. The predicted octanol–water partition coefficient (Wildman–Crippen LogP) is 6.33. The highest BCUT2D eigenvalue weighted by Gasteiger charge is 2.26. The van der Waals surface area contributed by atoms with Crippen LogP contribution in [-0.4, -0.2) is 29.8 Å². The number of anilines is 2. The molecular formula is C27H32N2O3. The van der Waals surface area contributed by atoms with E-state index in [1.54, 1.807) is 18.2 Å². The van der Waals surface area contributed by atoms with Crippen LogP contribution in [0.15, 0.2) is 49.6 Å². The number of hydrogen-bond donors (Lipinski definition) is 2. The van der Waals surface area contributed by atoms with Crippen LogP contribution in [0.5, 0.6) is 0 Å². The van der Waals surface area contributed by atoms with Gasteiger partial charge in [-0.3, -0.25) is 9.59 Å². The summed E-state index contributed by atoms with van der Waals surface area (Å²) in [6.45, 7) is 17.3. The Morgan fingerprint density at radius 2 is 1.56 bits per heavy atom. The lowest BCUT2D eigenvalue weighted by Gasteiger charge is -2.38. The van der Waals surface area contributed by atoms with Crippen LogP contribution in [0.4, 0.5) is 11.4 Å². The van der Waals surface area contributed by atoms with Crippen molar-refractivity contribution in [2.24, 2.45) is 5.41 Å². The van der Waals surface area contributed by atoms with Crippen molar-refractivity contribution in [3.05, 3.63) is 71.8 Å². The number of aliphatic hydroxyl groups is 1. The van der Waals surface area contributed by atoms with Crippen molar-refractivity contribution < 1.29 is 14.7 Å². The molecule has 0 unspecified atom stereocenters. The molecule has 0 aromatic heterocycles. The monoisotopic (exact) mass is 432 g/mol. The molecule has 5 nitrogen and oxygen atoms in total. The van der Waals surface area contributed by atoms with E-state index < -0.39 is 0 Å². The fourth-order valence-corrected chi connectivity index (χ4v) is 4.00. The molecule has 0 saturated carbocycles. The van der Waals surface area contributed by atoms with E-state index in [9.17, 15) is 14.7 Å². The number of Topliss-reactive ketones (excluding diaryl/α,β-unsaturated/α-hetero) is 2. The zero-order valence-corrected chi connectivity index (χ0v) is 19.4. The fraction of sp³-hybridized carbons (Fsp3) is 0.333. The van der Waals surface area contributed by atoms with E-state index in [1.807, 2.05) is 18.2 Å². The van der Waals surface area contributed by atoms with Crippen molar-refractivity contribution in [2.45, 2.75) is 40.5 Å². The second-order valence-corrected chi connectivity index (χ2v) is 9.30. The second-order valence-electron chi connectivity index (χ2n) is 9.30. The molecule has 3 rings (SSSR count). The summed E-state index contributed by atoms with van der Waals surface area (Å²) in [5.74, 6) is -0.304. The van der Waals surface area contributed by atoms with Gasteiger partial charge in [-0.2, -0.15) is 0 Å². The number of ketones is 2. The average Bonchev–Trinajstić information content (AvgIpc) is 2.72. The van der Waals surface area contributed by atoms with E-state index in [4.69, 9.17) is 0 Å². The minimum absolute atomic E-state index is 0.0506. The maximum absolute atomic E-state index is 12.3. The van der Waals surface area contributed by atoms with Crippen molar-refractivity contribution in [3.63, 3.8) is 0 Å². The fourth-order valence-electron chi connectivity index (χ4n) is 4.00. The van der Waals surface area contributed by atoms with Crippen molar-refractivity contribution in [1.29, 1.82) is 0 Å². The third-order valence-electron chi connectivity index (χ3n) is 6.21. The first-order valence-corrected chi connectivity index (χ1v) is 10.9. The van der Waals surface area contributed by atoms with Crippen LogP contribution in [0.2, 0.25) is 0 Å². The zero-order valence-electron chi connectivity index (χ0n) is 19.4. The largest absolute Gasteiger partial charge is 0.508 e. The van der Waals surface area contributed by atoms with Crippen molar-refractivity contribution in [3.8, 4) is 0 Å². The molecule has 1 heterocycles. The highest BCUT2D eigenvalue weighted by molar-refractivity contribution is 6.02. The number of nitrogens with zero attached hydrogens (tertiary/aromatic N) is 1. The van der Waals surface area contributed by atoms with Crippen LogP contribution >= 0.6 is 0 Å². The van der Waals surface area contributed by atoms with Crippen molar-refractivity contribution in [1.82, 2.24) is 0 Å². The van der Waals surface area contributed by atoms with Gasteiger partial charge in [-0.1, -0.05) is 39.1 Å². The van der Waals surface area contributed by atoms with Crippen molar-refractivity contribution >= 4 is 34.4 Å². The maximum atomic E-state index is 12.3. The number of piperidine rings is 1. The molecule has 0 aliphatic carbocycles.